The summed E-state index contributed by atoms with van der Waals surface area (Å²) in [6, 6.07) is 8.51. The molecule has 1 aliphatic rings. The van der Waals surface area contributed by atoms with Crippen molar-refractivity contribution < 1.29 is 4.79 Å². The molecule has 1 amide bonds. The van der Waals surface area contributed by atoms with Crippen molar-refractivity contribution in [2.24, 2.45) is 0 Å². The van der Waals surface area contributed by atoms with Crippen molar-refractivity contribution in [3.05, 3.63) is 34.9 Å². The van der Waals surface area contributed by atoms with Crippen molar-refractivity contribution in [1.82, 2.24) is 9.80 Å². The highest BCUT2D eigenvalue weighted by Crippen LogP contribution is 2.16. The second-order valence-electron chi connectivity index (χ2n) is 5.58. The summed E-state index contributed by atoms with van der Waals surface area (Å²) in [6.45, 7) is 4.89. The Bertz CT molecular complexity index is 438. The number of carbonyl (C=O) groups is 1. The van der Waals surface area contributed by atoms with E-state index in [-0.39, 0.29) is 5.91 Å². The van der Waals surface area contributed by atoms with Gasteiger partial charge in [-0.05, 0) is 37.0 Å². The maximum Gasteiger partial charge on any atom is 0.219 e. The molecule has 0 atom stereocenters. The molecule has 0 saturated carbocycles. The van der Waals surface area contributed by atoms with E-state index in [2.05, 4.69) is 17.0 Å². The summed E-state index contributed by atoms with van der Waals surface area (Å²) < 4.78 is 0. The minimum atomic E-state index is 0.171. The number of hydrogen-bond donors (Lipinski definition) is 0. The van der Waals surface area contributed by atoms with E-state index in [9.17, 15) is 4.79 Å². The summed E-state index contributed by atoms with van der Waals surface area (Å²) in [4.78, 5) is 15.7. The topological polar surface area (TPSA) is 23.6 Å². The minimum Gasteiger partial charge on any atom is -0.343 e. The standard InChI is InChI=1S/C16H23ClN2O/c1-13(20)18(2)16-8-11-19(12-9-16)10-7-14-3-5-15(17)6-4-14/h3-6,16H,7-12H2,1-2H3. The second-order valence-corrected chi connectivity index (χ2v) is 6.02. The molecule has 0 N–H and O–H groups in total. The Morgan fingerprint density at radius 2 is 1.90 bits per heavy atom. The first kappa shape index (κ1) is 15.3. The Kier molecular flexibility index (Phi) is 5.44. The van der Waals surface area contributed by atoms with Crippen LogP contribution in [0.2, 0.25) is 5.02 Å². The van der Waals surface area contributed by atoms with Crippen LogP contribution in [-0.2, 0) is 11.2 Å². The van der Waals surface area contributed by atoms with Crippen molar-refractivity contribution in [3.8, 4) is 0 Å². The fraction of sp³-hybridized carbons (Fsp3) is 0.562. The molecular weight excluding hydrogens is 272 g/mol. The lowest BCUT2D eigenvalue weighted by Crippen LogP contribution is -2.45. The first-order chi connectivity index (χ1) is 9.56. The zero-order valence-electron chi connectivity index (χ0n) is 12.3. The van der Waals surface area contributed by atoms with Gasteiger partial charge >= 0.3 is 0 Å². The van der Waals surface area contributed by atoms with Gasteiger partial charge < -0.3 is 9.80 Å². The molecule has 0 aliphatic carbocycles. The van der Waals surface area contributed by atoms with Crippen LogP contribution in [0.1, 0.15) is 25.3 Å². The lowest BCUT2D eigenvalue weighted by Gasteiger charge is -2.36. The molecule has 2 rings (SSSR count). The normalized spacial score (nSPS) is 17.1. The Morgan fingerprint density at radius 3 is 2.45 bits per heavy atom. The van der Waals surface area contributed by atoms with Crippen LogP contribution in [0.3, 0.4) is 0 Å². The van der Waals surface area contributed by atoms with Crippen LogP contribution in [0.4, 0.5) is 0 Å². The summed E-state index contributed by atoms with van der Waals surface area (Å²) in [5.74, 6) is 0.171. The maximum absolute atomic E-state index is 11.4. The third kappa shape index (κ3) is 4.22. The number of nitrogens with zero attached hydrogens (tertiary/aromatic N) is 2. The van der Waals surface area contributed by atoms with E-state index in [1.165, 1.54) is 5.56 Å². The molecule has 0 spiro atoms. The predicted molar refractivity (Wildman–Crippen MR) is 83.1 cm³/mol. The highest BCUT2D eigenvalue weighted by atomic mass is 35.5. The fourth-order valence-electron chi connectivity index (χ4n) is 2.73. The zero-order valence-corrected chi connectivity index (χ0v) is 13.1. The number of likely N-dealkylation sites (tertiary alicyclic amines) is 1. The van der Waals surface area contributed by atoms with Crippen LogP contribution in [0.5, 0.6) is 0 Å². The molecule has 1 aromatic rings. The van der Waals surface area contributed by atoms with Crippen molar-refractivity contribution >= 4 is 17.5 Å². The van der Waals surface area contributed by atoms with E-state index in [0.717, 1.165) is 43.9 Å². The monoisotopic (exact) mass is 294 g/mol. The number of piperidine rings is 1. The minimum absolute atomic E-state index is 0.171. The molecular formula is C16H23ClN2O. The van der Waals surface area contributed by atoms with Crippen LogP contribution in [0, 0.1) is 0 Å². The zero-order chi connectivity index (χ0) is 14.5. The van der Waals surface area contributed by atoms with Gasteiger partial charge in [0, 0.05) is 44.7 Å². The van der Waals surface area contributed by atoms with E-state index < -0.39 is 0 Å². The van der Waals surface area contributed by atoms with Crippen molar-refractivity contribution in [3.63, 3.8) is 0 Å². The SMILES string of the molecule is CC(=O)N(C)C1CCN(CCc2ccc(Cl)cc2)CC1. The number of rotatable bonds is 4. The predicted octanol–water partition coefficient (Wildman–Crippen LogP) is 2.83. The smallest absolute Gasteiger partial charge is 0.219 e. The van der Waals surface area contributed by atoms with E-state index in [0.29, 0.717) is 6.04 Å². The first-order valence-corrected chi connectivity index (χ1v) is 7.64. The molecule has 1 aromatic carbocycles. The lowest BCUT2D eigenvalue weighted by atomic mass is 10.0. The number of hydrogen-bond acceptors (Lipinski definition) is 2. The van der Waals surface area contributed by atoms with Gasteiger partial charge in [-0.3, -0.25) is 4.79 Å². The van der Waals surface area contributed by atoms with Crippen LogP contribution < -0.4 is 0 Å². The summed E-state index contributed by atoms with van der Waals surface area (Å²) in [7, 11) is 1.91. The molecule has 0 radical (unpaired) electrons. The van der Waals surface area contributed by atoms with Gasteiger partial charge in [-0.1, -0.05) is 23.7 Å². The molecule has 1 aliphatic heterocycles. The molecule has 1 saturated heterocycles. The molecule has 3 nitrogen and oxygen atoms in total. The van der Waals surface area contributed by atoms with Gasteiger partial charge in [-0.2, -0.15) is 0 Å². The molecule has 1 heterocycles. The average molecular weight is 295 g/mol. The van der Waals surface area contributed by atoms with E-state index in [4.69, 9.17) is 11.6 Å². The van der Waals surface area contributed by atoms with Crippen LogP contribution in [-0.4, -0.2) is 48.4 Å². The molecule has 20 heavy (non-hydrogen) atoms. The van der Waals surface area contributed by atoms with E-state index in [1.54, 1.807) is 6.92 Å². The molecule has 0 bridgehead atoms. The van der Waals surface area contributed by atoms with Crippen LogP contribution in [0.15, 0.2) is 24.3 Å². The Morgan fingerprint density at radius 1 is 1.30 bits per heavy atom. The molecule has 0 aromatic heterocycles. The molecule has 0 unspecified atom stereocenters. The number of benzene rings is 1. The highest BCUT2D eigenvalue weighted by Gasteiger charge is 2.23. The van der Waals surface area contributed by atoms with Gasteiger partial charge in [0.25, 0.3) is 0 Å². The number of halogens is 1. The summed E-state index contributed by atoms with van der Waals surface area (Å²) in [6.07, 6.45) is 3.22. The molecule has 110 valence electrons. The molecule has 4 heteroatoms. The summed E-state index contributed by atoms with van der Waals surface area (Å²) in [5, 5.41) is 0.793. The van der Waals surface area contributed by atoms with E-state index >= 15 is 0 Å². The summed E-state index contributed by atoms with van der Waals surface area (Å²) >= 11 is 5.89. The van der Waals surface area contributed by atoms with Gasteiger partial charge in [0.05, 0.1) is 0 Å². The lowest BCUT2D eigenvalue weighted by molar-refractivity contribution is -0.130. The first-order valence-electron chi connectivity index (χ1n) is 7.26. The Labute approximate surface area is 126 Å². The van der Waals surface area contributed by atoms with Crippen molar-refractivity contribution in [2.75, 3.05) is 26.7 Å². The van der Waals surface area contributed by atoms with Crippen molar-refractivity contribution in [2.45, 2.75) is 32.2 Å². The third-order valence-electron chi connectivity index (χ3n) is 4.23. The average Bonchev–Trinajstić information content (AvgIpc) is 2.46. The van der Waals surface area contributed by atoms with Gasteiger partial charge in [-0.25, -0.2) is 0 Å². The third-order valence-corrected chi connectivity index (χ3v) is 4.48. The molecule has 1 fully saturated rings. The number of carbonyl (C=O) groups excluding carboxylic acids is 1. The number of amides is 1. The Balaban J connectivity index is 1.74. The van der Waals surface area contributed by atoms with Gasteiger partial charge in [0.2, 0.25) is 5.91 Å². The second kappa shape index (κ2) is 7.09. The fourth-order valence-corrected chi connectivity index (χ4v) is 2.85. The quantitative estimate of drug-likeness (QED) is 0.852. The largest absolute Gasteiger partial charge is 0.343 e. The Hall–Kier alpha value is -1.06. The van der Waals surface area contributed by atoms with Gasteiger partial charge in [-0.15, -0.1) is 0 Å². The van der Waals surface area contributed by atoms with Gasteiger partial charge in [0.1, 0.15) is 0 Å². The van der Waals surface area contributed by atoms with Crippen LogP contribution >= 0.6 is 11.6 Å². The van der Waals surface area contributed by atoms with Crippen molar-refractivity contribution in [1.29, 1.82) is 0 Å². The van der Waals surface area contributed by atoms with E-state index in [1.807, 2.05) is 24.1 Å². The van der Waals surface area contributed by atoms with Crippen LogP contribution in [0.25, 0.3) is 0 Å². The highest BCUT2D eigenvalue weighted by molar-refractivity contribution is 6.30. The summed E-state index contributed by atoms with van der Waals surface area (Å²) in [5.41, 5.74) is 1.33. The maximum atomic E-state index is 11.4. The van der Waals surface area contributed by atoms with Gasteiger partial charge in [0.15, 0.2) is 0 Å².